The molecule has 0 radical (unpaired) electrons. The van der Waals surface area contributed by atoms with Crippen LogP contribution in [0.15, 0.2) is 36.7 Å². The Morgan fingerprint density at radius 2 is 1.91 bits per heavy atom. The number of anilines is 1. The molecule has 3 aliphatic rings. The summed E-state index contributed by atoms with van der Waals surface area (Å²) in [4.78, 5) is 11.1. The lowest BCUT2D eigenvalue weighted by Gasteiger charge is -2.33. The van der Waals surface area contributed by atoms with Crippen molar-refractivity contribution >= 4 is 5.82 Å². The second kappa shape index (κ2) is 10.5. The van der Waals surface area contributed by atoms with Crippen molar-refractivity contribution in [2.45, 2.75) is 49.5 Å². The second-order valence-corrected chi connectivity index (χ2v) is 10.2. The maximum atomic E-state index is 10.8. The molecule has 3 unspecified atom stereocenters. The molecule has 0 saturated carbocycles. The van der Waals surface area contributed by atoms with Gasteiger partial charge >= 0.3 is 0 Å². The lowest BCUT2D eigenvalue weighted by Crippen LogP contribution is -2.44. The van der Waals surface area contributed by atoms with Gasteiger partial charge in [0.05, 0.1) is 13.0 Å². The summed E-state index contributed by atoms with van der Waals surface area (Å²) in [6.07, 6.45) is 0.451. The first kappa shape index (κ1) is 24.6. The predicted molar refractivity (Wildman–Crippen MR) is 134 cm³/mol. The quantitative estimate of drug-likeness (QED) is 0.439. The Balaban J connectivity index is 1.12. The highest BCUT2D eigenvalue weighted by atomic mass is 16.6. The number of fused-ring (bicyclic) bond motifs is 1. The van der Waals surface area contributed by atoms with Crippen molar-refractivity contribution in [3.8, 4) is 0 Å². The predicted octanol–water partition coefficient (Wildman–Crippen LogP) is 0.268. The molecule has 2 saturated heterocycles. The molecule has 3 aliphatic heterocycles. The number of ether oxygens (including phenoxy) is 1. The number of piperidine rings is 1. The summed E-state index contributed by atoms with van der Waals surface area (Å²) >= 11 is 0. The molecule has 0 amide bonds. The van der Waals surface area contributed by atoms with E-state index in [9.17, 15) is 10.2 Å². The number of hydrogen-bond acceptors (Lipinski definition) is 9. The third-order valence-corrected chi connectivity index (χ3v) is 7.76. The van der Waals surface area contributed by atoms with Crippen LogP contribution in [0.3, 0.4) is 0 Å². The van der Waals surface area contributed by atoms with E-state index in [0.717, 1.165) is 32.0 Å². The molecule has 5 rings (SSSR count). The molecule has 4 heterocycles. The van der Waals surface area contributed by atoms with E-state index < -0.39 is 24.5 Å². The SMILES string of the molecule is CN(CCN1CCC(c2ccccc2)CC1)CC1OC(n2cnc3c2N(C)CNC3N)[C@H](O)[C@@H]1O. The van der Waals surface area contributed by atoms with Crippen LogP contribution in [0, 0.1) is 0 Å². The van der Waals surface area contributed by atoms with Gasteiger partial charge in [-0.3, -0.25) is 9.88 Å². The molecule has 192 valence electrons. The second-order valence-electron chi connectivity index (χ2n) is 10.2. The minimum atomic E-state index is -1.04. The van der Waals surface area contributed by atoms with Crippen molar-refractivity contribution in [2.24, 2.45) is 5.73 Å². The van der Waals surface area contributed by atoms with Crippen molar-refractivity contribution in [3.63, 3.8) is 0 Å². The van der Waals surface area contributed by atoms with Crippen molar-refractivity contribution in [3.05, 3.63) is 47.9 Å². The molecular weight excluding hydrogens is 446 g/mol. The fourth-order valence-electron chi connectivity index (χ4n) is 5.61. The van der Waals surface area contributed by atoms with Crippen molar-refractivity contribution in [1.29, 1.82) is 0 Å². The number of nitrogens with two attached hydrogens (primary N) is 1. The van der Waals surface area contributed by atoms with Gasteiger partial charge in [0.15, 0.2) is 6.23 Å². The summed E-state index contributed by atoms with van der Waals surface area (Å²) in [5, 5.41) is 24.7. The number of aliphatic hydroxyl groups is 2. The topological polar surface area (TPSA) is 115 Å². The van der Waals surface area contributed by atoms with Crippen LogP contribution in [-0.4, -0.2) is 101 Å². The molecule has 0 bridgehead atoms. The monoisotopic (exact) mass is 485 g/mol. The maximum Gasteiger partial charge on any atom is 0.165 e. The van der Waals surface area contributed by atoms with Crippen molar-refractivity contribution in [2.75, 3.05) is 58.4 Å². The van der Waals surface area contributed by atoms with E-state index in [1.807, 2.05) is 19.0 Å². The van der Waals surface area contributed by atoms with Gasteiger partial charge < -0.3 is 35.4 Å². The van der Waals surface area contributed by atoms with E-state index in [4.69, 9.17) is 10.5 Å². The van der Waals surface area contributed by atoms with Crippen LogP contribution in [-0.2, 0) is 4.74 Å². The minimum Gasteiger partial charge on any atom is -0.387 e. The molecular formula is C25H39N7O3. The Labute approximate surface area is 207 Å². The number of likely N-dealkylation sites (N-methyl/N-ethyl adjacent to an activating group) is 1. The highest BCUT2D eigenvalue weighted by Crippen LogP contribution is 2.36. The molecule has 0 aliphatic carbocycles. The first-order chi connectivity index (χ1) is 16.9. The van der Waals surface area contributed by atoms with E-state index in [1.54, 1.807) is 10.9 Å². The van der Waals surface area contributed by atoms with Gasteiger partial charge in [-0.15, -0.1) is 0 Å². The molecule has 10 heteroatoms. The van der Waals surface area contributed by atoms with Crippen molar-refractivity contribution in [1.82, 2.24) is 24.7 Å². The summed E-state index contributed by atoms with van der Waals surface area (Å²) < 4.78 is 7.98. The molecule has 5 N–H and O–H groups in total. The van der Waals surface area contributed by atoms with Gasteiger partial charge in [0, 0.05) is 26.7 Å². The largest absolute Gasteiger partial charge is 0.387 e. The van der Waals surface area contributed by atoms with Crippen LogP contribution in [0.4, 0.5) is 5.82 Å². The van der Waals surface area contributed by atoms with Crippen LogP contribution < -0.4 is 16.0 Å². The number of aromatic nitrogens is 2. The van der Waals surface area contributed by atoms with E-state index in [-0.39, 0.29) is 6.17 Å². The third kappa shape index (κ3) is 5.10. The van der Waals surface area contributed by atoms with E-state index in [1.165, 1.54) is 18.4 Å². The number of rotatable bonds is 7. The van der Waals surface area contributed by atoms with Crippen molar-refractivity contribution < 1.29 is 14.9 Å². The number of likely N-dealkylation sites (tertiary alicyclic amines) is 1. The van der Waals surface area contributed by atoms with Gasteiger partial charge in [-0.1, -0.05) is 30.3 Å². The van der Waals surface area contributed by atoms with Crippen LogP contribution >= 0.6 is 0 Å². The average molecular weight is 486 g/mol. The number of hydrogen-bond donors (Lipinski definition) is 4. The fourth-order valence-corrected chi connectivity index (χ4v) is 5.61. The molecule has 35 heavy (non-hydrogen) atoms. The number of benzene rings is 1. The maximum absolute atomic E-state index is 10.8. The van der Waals surface area contributed by atoms with Crippen LogP contribution in [0.25, 0.3) is 0 Å². The van der Waals surface area contributed by atoms with E-state index in [2.05, 4.69) is 50.4 Å². The number of nitrogens with one attached hydrogen (secondary N) is 1. The highest BCUT2D eigenvalue weighted by Gasteiger charge is 2.45. The summed E-state index contributed by atoms with van der Waals surface area (Å²) in [5.41, 5.74) is 8.29. The summed E-state index contributed by atoms with van der Waals surface area (Å²) in [7, 11) is 3.98. The van der Waals surface area contributed by atoms with Gasteiger partial charge in [0.2, 0.25) is 0 Å². The molecule has 0 spiro atoms. The normalized spacial score (nSPS) is 30.2. The number of aliphatic hydroxyl groups excluding tert-OH is 2. The Hall–Kier alpha value is -2.05. The van der Waals surface area contributed by atoms with Gasteiger partial charge in [0.25, 0.3) is 0 Å². The average Bonchev–Trinajstić information content (AvgIpc) is 3.44. The smallest absolute Gasteiger partial charge is 0.165 e. The van der Waals surface area contributed by atoms with E-state index >= 15 is 0 Å². The summed E-state index contributed by atoms with van der Waals surface area (Å²) in [5.74, 6) is 1.46. The Morgan fingerprint density at radius 1 is 1.17 bits per heavy atom. The Kier molecular flexibility index (Phi) is 7.40. The third-order valence-electron chi connectivity index (χ3n) is 7.76. The zero-order valence-electron chi connectivity index (χ0n) is 20.7. The van der Waals surface area contributed by atoms with Gasteiger partial charge in [-0.25, -0.2) is 4.98 Å². The molecule has 5 atom stereocenters. The molecule has 2 aromatic rings. The van der Waals surface area contributed by atoms with Gasteiger partial charge in [-0.05, 0) is 44.5 Å². The van der Waals surface area contributed by atoms with Gasteiger partial charge in [-0.2, -0.15) is 0 Å². The Bertz CT molecular complexity index is 965. The zero-order valence-corrected chi connectivity index (χ0v) is 20.7. The number of imidazole rings is 1. The minimum absolute atomic E-state index is 0.370. The highest BCUT2D eigenvalue weighted by molar-refractivity contribution is 5.48. The van der Waals surface area contributed by atoms with Gasteiger partial charge in [0.1, 0.15) is 36.0 Å². The van der Waals surface area contributed by atoms with E-state index in [0.29, 0.717) is 24.8 Å². The zero-order chi connectivity index (χ0) is 24.5. The first-order valence-corrected chi connectivity index (χ1v) is 12.7. The Morgan fingerprint density at radius 3 is 2.66 bits per heavy atom. The van der Waals surface area contributed by atoms with Crippen LogP contribution in [0.1, 0.15) is 42.4 Å². The number of nitrogens with zero attached hydrogens (tertiary/aromatic N) is 5. The molecule has 1 aromatic heterocycles. The molecule has 2 fully saturated rings. The molecule has 1 aromatic carbocycles. The fraction of sp³-hybridized carbons (Fsp3) is 0.640. The first-order valence-electron chi connectivity index (χ1n) is 12.7. The molecule has 10 nitrogen and oxygen atoms in total. The van der Waals surface area contributed by atoms with Crippen LogP contribution in [0.2, 0.25) is 0 Å². The van der Waals surface area contributed by atoms with Crippen LogP contribution in [0.5, 0.6) is 0 Å². The lowest BCUT2D eigenvalue weighted by molar-refractivity contribution is -0.0439. The summed E-state index contributed by atoms with van der Waals surface area (Å²) in [6, 6.07) is 10.8. The lowest BCUT2D eigenvalue weighted by atomic mass is 9.89. The summed E-state index contributed by atoms with van der Waals surface area (Å²) in [6.45, 7) is 5.19. The standard InChI is InChI=1S/C25H39N7O3/c1-29(12-13-31-10-8-18(9-11-31)17-6-4-3-5-7-17)14-19-21(33)22(34)25(35-19)32-16-27-20-23(26)28-15-30(2)24(20)32/h3-7,16,18-19,21-23,25,28,33-34H,8-15,26H2,1-2H3/t19?,21-,22-,23?,25?/m1/s1.